The van der Waals surface area contributed by atoms with Crippen molar-refractivity contribution in [1.82, 2.24) is 0 Å². The van der Waals surface area contributed by atoms with Crippen LogP contribution in [-0.4, -0.2) is 29.8 Å². The maximum absolute atomic E-state index is 13.9. The summed E-state index contributed by atoms with van der Waals surface area (Å²) in [4.78, 5) is 10.7. The number of aromatic carboxylic acids is 1. The zero-order valence-electron chi connectivity index (χ0n) is 12.2. The third kappa shape index (κ3) is 2.72. The molecule has 1 saturated carbocycles. The van der Waals surface area contributed by atoms with Crippen LogP contribution in [0.4, 0.5) is 14.5 Å². The monoisotopic (exact) mass is 299 g/mol. The molecule has 2 unspecified atom stereocenters. The lowest BCUT2D eigenvalue weighted by molar-refractivity contribution is -0.0976. The maximum Gasteiger partial charge on any atom is 0.338 e. The third-order valence-electron chi connectivity index (χ3n) is 4.19. The van der Waals surface area contributed by atoms with Gasteiger partial charge in [-0.05, 0) is 25.5 Å². The molecule has 6 heteroatoms. The van der Waals surface area contributed by atoms with E-state index in [1.165, 1.54) is 6.07 Å². The summed E-state index contributed by atoms with van der Waals surface area (Å²) in [5.41, 5.74) is -0.895. The van der Waals surface area contributed by atoms with Gasteiger partial charge in [0.25, 0.3) is 0 Å². The fourth-order valence-electron chi connectivity index (χ4n) is 2.63. The van der Waals surface area contributed by atoms with Gasteiger partial charge < -0.3 is 15.2 Å². The molecule has 0 spiro atoms. The fourth-order valence-corrected chi connectivity index (χ4v) is 2.63. The summed E-state index contributed by atoms with van der Waals surface area (Å²) in [5.74, 6) is -3.99. The maximum atomic E-state index is 13.9. The van der Waals surface area contributed by atoms with Crippen LogP contribution < -0.4 is 5.32 Å². The Kier molecular flexibility index (Phi) is 4.18. The van der Waals surface area contributed by atoms with Crippen molar-refractivity contribution in [3.05, 3.63) is 29.3 Å². The van der Waals surface area contributed by atoms with Crippen LogP contribution in [0.3, 0.4) is 0 Å². The topological polar surface area (TPSA) is 58.6 Å². The van der Waals surface area contributed by atoms with Gasteiger partial charge in [0.2, 0.25) is 0 Å². The standard InChI is InChI=1S/C15H19F2NO3/c1-4-21-11-7-10(15(11,2)3)18-9-6-5-8(14(19)20)12(16)13(9)17/h5-6,10-11,18H,4,7H2,1-3H3,(H,19,20). The van der Waals surface area contributed by atoms with Crippen LogP contribution in [-0.2, 0) is 4.74 Å². The minimum absolute atomic E-state index is 0.0227. The van der Waals surface area contributed by atoms with Crippen molar-refractivity contribution in [3.8, 4) is 0 Å². The van der Waals surface area contributed by atoms with Crippen molar-refractivity contribution in [2.45, 2.75) is 39.3 Å². The molecule has 1 aromatic carbocycles. The summed E-state index contributed by atoms with van der Waals surface area (Å²) in [5, 5.41) is 11.7. The van der Waals surface area contributed by atoms with E-state index in [1.54, 1.807) is 0 Å². The summed E-state index contributed by atoms with van der Waals surface area (Å²) < 4.78 is 33.1. The Bertz CT molecular complexity index is 560. The second-order valence-corrected chi connectivity index (χ2v) is 5.79. The summed E-state index contributed by atoms with van der Waals surface area (Å²) >= 11 is 0. The summed E-state index contributed by atoms with van der Waals surface area (Å²) in [6.45, 7) is 6.51. The van der Waals surface area contributed by atoms with Gasteiger partial charge in [-0.3, -0.25) is 0 Å². The number of carboxylic acid groups (broad SMARTS) is 1. The molecule has 0 radical (unpaired) electrons. The minimum Gasteiger partial charge on any atom is -0.478 e. The van der Waals surface area contributed by atoms with E-state index in [0.29, 0.717) is 13.0 Å². The third-order valence-corrected chi connectivity index (χ3v) is 4.19. The lowest BCUT2D eigenvalue weighted by Gasteiger charge is -2.52. The zero-order chi connectivity index (χ0) is 15.8. The zero-order valence-corrected chi connectivity index (χ0v) is 12.2. The number of ether oxygens (including phenoxy) is 1. The Morgan fingerprint density at radius 2 is 2.10 bits per heavy atom. The normalized spacial score (nSPS) is 23.5. The number of anilines is 1. The molecule has 2 atom stereocenters. The van der Waals surface area contributed by atoms with Gasteiger partial charge in [-0.15, -0.1) is 0 Å². The van der Waals surface area contributed by atoms with E-state index in [2.05, 4.69) is 5.32 Å². The molecule has 1 fully saturated rings. The fraction of sp³-hybridized carbons (Fsp3) is 0.533. The Hall–Kier alpha value is -1.69. The van der Waals surface area contributed by atoms with E-state index in [1.807, 2.05) is 20.8 Å². The smallest absolute Gasteiger partial charge is 0.338 e. The second-order valence-electron chi connectivity index (χ2n) is 5.79. The van der Waals surface area contributed by atoms with Gasteiger partial charge in [0.15, 0.2) is 11.6 Å². The minimum atomic E-state index is -1.49. The largest absolute Gasteiger partial charge is 0.478 e. The first-order valence-electron chi connectivity index (χ1n) is 6.88. The van der Waals surface area contributed by atoms with Crippen molar-refractivity contribution >= 4 is 11.7 Å². The number of nitrogens with one attached hydrogen (secondary N) is 1. The number of carboxylic acids is 1. The van der Waals surface area contributed by atoms with Crippen LogP contribution in [0.15, 0.2) is 12.1 Å². The highest BCUT2D eigenvalue weighted by atomic mass is 19.2. The van der Waals surface area contributed by atoms with Crippen molar-refractivity contribution in [1.29, 1.82) is 0 Å². The number of benzene rings is 1. The van der Waals surface area contributed by atoms with E-state index < -0.39 is 23.2 Å². The van der Waals surface area contributed by atoms with Crippen LogP contribution in [0.5, 0.6) is 0 Å². The van der Waals surface area contributed by atoms with Gasteiger partial charge >= 0.3 is 5.97 Å². The number of halogens is 2. The Morgan fingerprint density at radius 1 is 1.43 bits per heavy atom. The molecule has 1 aromatic rings. The van der Waals surface area contributed by atoms with Crippen molar-refractivity contribution in [2.75, 3.05) is 11.9 Å². The highest BCUT2D eigenvalue weighted by molar-refractivity contribution is 5.88. The Morgan fingerprint density at radius 3 is 2.62 bits per heavy atom. The molecule has 0 aromatic heterocycles. The van der Waals surface area contributed by atoms with E-state index in [-0.39, 0.29) is 23.2 Å². The summed E-state index contributed by atoms with van der Waals surface area (Å²) in [7, 11) is 0. The summed E-state index contributed by atoms with van der Waals surface area (Å²) in [6, 6.07) is 2.26. The first-order valence-corrected chi connectivity index (χ1v) is 6.88. The molecule has 1 aliphatic rings. The Balaban J connectivity index is 2.15. The average Bonchev–Trinajstić information content (AvgIpc) is 2.42. The quantitative estimate of drug-likeness (QED) is 0.876. The molecular formula is C15H19F2NO3. The van der Waals surface area contributed by atoms with E-state index >= 15 is 0 Å². The van der Waals surface area contributed by atoms with Crippen molar-refractivity contribution in [3.63, 3.8) is 0 Å². The Labute approximate surface area is 122 Å². The highest BCUT2D eigenvalue weighted by Crippen LogP contribution is 2.44. The van der Waals surface area contributed by atoms with Crippen LogP contribution in [0.1, 0.15) is 37.6 Å². The molecule has 0 amide bonds. The average molecular weight is 299 g/mol. The number of rotatable bonds is 5. The summed E-state index contributed by atoms with van der Waals surface area (Å²) in [6.07, 6.45) is 0.772. The van der Waals surface area contributed by atoms with Crippen LogP contribution in [0.2, 0.25) is 0 Å². The predicted molar refractivity (Wildman–Crippen MR) is 74.5 cm³/mol. The molecule has 0 heterocycles. The molecule has 116 valence electrons. The van der Waals surface area contributed by atoms with Gasteiger partial charge in [0.1, 0.15) is 0 Å². The molecule has 2 rings (SSSR count). The van der Waals surface area contributed by atoms with Crippen LogP contribution in [0.25, 0.3) is 0 Å². The SMILES string of the molecule is CCOC1CC(Nc2ccc(C(=O)O)c(F)c2F)C1(C)C. The molecular weight excluding hydrogens is 280 g/mol. The van der Waals surface area contributed by atoms with Gasteiger partial charge in [0, 0.05) is 18.1 Å². The van der Waals surface area contributed by atoms with Crippen molar-refractivity contribution < 1.29 is 23.4 Å². The molecule has 1 aliphatic carbocycles. The van der Waals surface area contributed by atoms with Crippen LogP contribution >= 0.6 is 0 Å². The molecule has 2 N–H and O–H groups in total. The highest BCUT2D eigenvalue weighted by Gasteiger charge is 2.49. The van der Waals surface area contributed by atoms with Gasteiger partial charge in [-0.2, -0.15) is 0 Å². The van der Waals surface area contributed by atoms with Gasteiger partial charge in [-0.1, -0.05) is 13.8 Å². The molecule has 21 heavy (non-hydrogen) atoms. The lowest BCUT2D eigenvalue weighted by atomic mass is 9.64. The number of hydrogen-bond donors (Lipinski definition) is 2. The lowest BCUT2D eigenvalue weighted by Crippen LogP contribution is -2.58. The molecule has 0 aliphatic heterocycles. The van der Waals surface area contributed by atoms with Crippen LogP contribution in [0, 0.1) is 17.0 Å². The molecule has 0 bridgehead atoms. The van der Waals surface area contributed by atoms with Crippen molar-refractivity contribution in [2.24, 2.45) is 5.41 Å². The van der Waals surface area contributed by atoms with Gasteiger partial charge in [-0.25, -0.2) is 13.6 Å². The first kappa shape index (κ1) is 15.7. The van der Waals surface area contributed by atoms with E-state index in [9.17, 15) is 13.6 Å². The van der Waals surface area contributed by atoms with E-state index in [4.69, 9.17) is 9.84 Å². The van der Waals surface area contributed by atoms with Gasteiger partial charge in [0.05, 0.1) is 17.4 Å². The second kappa shape index (κ2) is 5.60. The predicted octanol–water partition coefficient (Wildman–Crippen LogP) is 3.28. The first-order chi connectivity index (χ1) is 9.78. The molecule has 4 nitrogen and oxygen atoms in total. The molecule has 0 saturated heterocycles. The number of carbonyl (C=O) groups is 1. The van der Waals surface area contributed by atoms with E-state index in [0.717, 1.165) is 6.07 Å². The number of hydrogen-bond acceptors (Lipinski definition) is 3.